The summed E-state index contributed by atoms with van der Waals surface area (Å²) in [4.78, 5) is 17.0. The van der Waals surface area contributed by atoms with Crippen LogP contribution in [0.25, 0.3) is 0 Å². The minimum atomic E-state index is -2.34. The zero-order chi connectivity index (χ0) is 37.6. The normalized spacial score (nSPS) is 28.6. The number of rotatable bonds is 8. The Morgan fingerprint density at radius 2 is 0.825 bits per heavy atom. The van der Waals surface area contributed by atoms with Crippen LogP contribution in [0.3, 0.4) is 0 Å². The summed E-state index contributed by atoms with van der Waals surface area (Å²) in [5.41, 5.74) is -3.01. The van der Waals surface area contributed by atoms with Crippen molar-refractivity contribution in [1.29, 1.82) is 0 Å². The van der Waals surface area contributed by atoms with Crippen LogP contribution in [0.15, 0.2) is 57.7 Å². The van der Waals surface area contributed by atoms with E-state index in [1.807, 2.05) is 55.4 Å². The number of hydrogen-bond donors (Lipinski definition) is 2. The van der Waals surface area contributed by atoms with E-state index >= 15 is 0 Å². The second-order valence-electron chi connectivity index (χ2n) is 11.5. The predicted molar refractivity (Wildman–Crippen MR) is 171 cm³/mol. The molecule has 0 spiro atoms. The molecule has 4 nitrogen and oxygen atoms in total. The van der Waals surface area contributed by atoms with E-state index in [9.17, 15) is 13.7 Å². The fraction of sp³-hybridized carbons (Fsp3) is 0.611. The second-order valence-corrected chi connectivity index (χ2v) is 11.5. The van der Waals surface area contributed by atoms with Crippen LogP contribution < -0.4 is 0 Å². The molecule has 216 valence electrons. The van der Waals surface area contributed by atoms with Crippen LogP contribution in [0.1, 0.15) is 156 Å². The van der Waals surface area contributed by atoms with Gasteiger partial charge in [0.2, 0.25) is 0 Å². The summed E-state index contributed by atoms with van der Waals surface area (Å²) in [6.07, 6.45) is -2.10. The van der Waals surface area contributed by atoms with Crippen molar-refractivity contribution < 1.29 is 13.7 Å². The second kappa shape index (κ2) is 10.7. The summed E-state index contributed by atoms with van der Waals surface area (Å²) >= 11 is 0. The molecule has 5 heterocycles. The van der Waals surface area contributed by atoms with Gasteiger partial charge in [-0.25, -0.2) is 0 Å². The van der Waals surface area contributed by atoms with Gasteiger partial charge in [0.05, 0.1) is 19.1 Å². The van der Waals surface area contributed by atoms with Crippen molar-refractivity contribution in [2.24, 2.45) is 9.98 Å². The van der Waals surface area contributed by atoms with E-state index in [1.54, 1.807) is 0 Å². The molecule has 4 heteroatoms. The summed E-state index contributed by atoms with van der Waals surface area (Å²) in [6, 6.07) is -1.12. The fourth-order valence-corrected chi connectivity index (χ4v) is 7.29. The molecular weight excluding hydrogens is 488 g/mol. The van der Waals surface area contributed by atoms with Gasteiger partial charge in [-0.1, -0.05) is 67.5 Å². The van der Waals surface area contributed by atoms with Crippen molar-refractivity contribution in [2.75, 3.05) is 0 Å². The zero-order valence-corrected chi connectivity index (χ0v) is 25.6. The molecule has 0 aliphatic carbocycles. The highest BCUT2D eigenvalue weighted by molar-refractivity contribution is 5.99. The molecule has 0 saturated heterocycles. The summed E-state index contributed by atoms with van der Waals surface area (Å²) in [5, 5.41) is 0. The smallest absolute Gasteiger partial charge is 0.0642 e. The van der Waals surface area contributed by atoms with Crippen molar-refractivity contribution in [3.8, 4) is 0 Å². The molecule has 5 rings (SSSR count). The van der Waals surface area contributed by atoms with Crippen molar-refractivity contribution in [1.82, 2.24) is 9.97 Å². The van der Waals surface area contributed by atoms with Gasteiger partial charge < -0.3 is 9.97 Å². The summed E-state index contributed by atoms with van der Waals surface area (Å²) in [7, 11) is 0. The Labute approximate surface area is 257 Å². The first-order valence-electron chi connectivity index (χ1n) is 20.4. The topological polar surface area (TPSA) is 56.3 Å². The molecular formula is C36H52N4. The van der Waals surface area contributed by atoms with E-state index < -0.39 is 34.4 Å². The van der Waals surface area contributed by atoms with Crippen LogP contribution in [0.2, 0.25) is 0 Å². The Bertz CT molecular complexity index is 1690. The van der Waals surface area contributed by atoms with Crippen molar-refractivity contribution in [3.05, 3.63) is 70.4 Å². The third-order valence-electron chi connectivity index (χ3n) is 10.7. The highest BCUT2D eigenvalue weighted by atomic mass is 14.9. The van der Waals surface area contributed by atoms with Crippen molar-refractivity contribution in [3.63, 3.8) is 0 Å². The fourth-order valence-electron chi connectivity index (χ4n) is 7.29. The number of H-pyrrole nitrogens is 2. The van der Waals surface area contributed by atoms with Crippen LogP contribution >= 0.6 is 0 Å². The average molecular weight is 551 g/mol. The van der Waals surface area contributed by atoms with Gasteiger partial charge in [0, 0.05) is 74.7 Å². The van der Waals surface area contributed by atoms with Crippen molar-refractivity contribution >= 4 is 11.4 Å². The molecule has 2 N–H and O–H groups in total. The van der Waals surface area contributed by atoms with Gasteiger partial charge in [0.15, 0.2) is 0 Å². The lowest BCUT2D eigenvalue weighted by atomic mass is 9.74. The molecule has 8 bridgehead atoms. The lowest BCUT2D eigenvalue weighted by Crippen LogP contribution is -2.36. The first kappa shape index (κ1) is 18.7. The van der Waals surface area contributed by atoms with E-state index in [-0.39, 0.29) is 59.1 Å². The summed E-state index contributed by atoms with van der Waals surface area (Å²) in [6.45, 7) is 15.2. The molecule has 0 radical (unpaired) electrons. The third kappa shape index (κ3) is 3.77. The van der Waals surface area contributed by atoms with Gasteiger partial charge in [-0.2, -0.15) is 0 Å². The molecule has 0 fully saturated rings. The van der Waals surface area contributed by atoms with Crippen LogP contribution in [0.5, 0.6) is 0 Å². The molecule has 3 aliphatic heterocycles. The Hall–Kier alpha value is -2.62. The van der Waals surface area contributed by atoms with Crippen molar-refractivity contribution in [2.45, 2.75) is 141 Å². The van der Waals surface area contributed by atoms with Crippen LogP contribution in [-0.4, -0.2) is 21.4 Å². The molecule has 40 heavy (non-hydrogen) atoms. The Kier molecular flexibility index (Phi) is 4.99. The number of fused-ring (bicyclic) bond motifs is 6. The standard InChI is InChI=1S/C36H52N4/c1-9-33(10-2)25-17-19-27(37-25)34(11-3,12-4)29-21-23-31(39-29)36(15-7,16-8)32-24-22-30(40-32)35(13-5,14-6)28-20-18-26(33)38-28/h17-19,22-24,37,40H,9-16,20-21H2,1-8H3/i17D,18D,19D,20D2,21D2,22D,23D,24D. The zero-order valence-electron chi connectivity index (χ0n) is 35.6. The van der Waals surface area contributed by atoms with Crippen LogP contribution in [0, 0.1) is 0 Å². The maximum absolute atomic E-state index is 9.44. The number of aromatic nitrogens is 2. The minimum absolute atomic E-state index is 0.0760. The Morgan fingerprint density at radius 3 is 1.10 bits per heavy atom. The van der Waals surface area contributed by atoms with E-state index in [0.717, 1.165) is 0 Å². The van der Waals surface area contributed by atoms with E-state index in [0.29, 0.717) is 74.1 Å². The van der Waals surface area contributed by atoms with Crippen LogP contribution in [0.4, 0.5) is 0 Å². The number of allylic oxidation sites excluding steroid dienone is 4. The maximum Gasteiger partial charge on any atom is 0.0642 e. The molecule has 0 aromatic carbocycles. The molecule has 0 atom stereocenters. The lowest BCUT2D eigenvalue weighted by Gasteiger charge is -2.36. The average Bonchev–Trinajstić information content (AvgIpc) is 3.74. The number of aliphatic imine (C=N–C) groups is 2. The molecule has 2 aromatic heterocycles. The highest BCUT2D eigenvalue weighted by Gasteiger charge is 2.46. The molecule has 0 amide bonds. The monoisotopic (exact) mass is 550 g/mol. The SMILES string of the molecule is [2H]C1=C2N=C(C1([2H])[2H])C(CC)(CC)c1[nH]c(c([2H])c1[2H])C(CC)(CC)C1=C([2H])C([2H])([2H])C(=N1)C(CC)(CC)c1[nH]c(c([2H])c1[2H])C2(CC)CC. The first-order valence-corrected chi connectivity index (χ1v) is 15.4. The summed E-state index contributed by atoms with van der Waals surface area (Å²) in [5.74, 6) is 0. The van der Waals surface area contributed by atoms with Gasteiger partial charge in [0.1, 0.15) is 0 Å². The van der Waals surface area contributed by atoms with Gasteiger partial charge >= 0.3 is 0 Å². The molecule has 0 saturated carbocycles. The molecule has 2 aromatic rings. The number of hydrogen-bond acceptors (Lipinski definition) is 2. The lowest BCUT2D eigenvalue weighted by molar-refractivity contribution is 0.440. The predicted octanol–water partition coefficient (Wildman–Crippen LogP) is 9.74. The van der Waals surface area contributed by atoms with Gasteiger partial charge in [-0.15, -0.1) is 0 Å². The van der Waals surface area contributed by atoms with E-state index in [1.165, 1.54) is 0 Å². The van der Waals surface area contributed by atoms with E-state index in [4.69, 9.17) is 9.98 Å². The van der Waals surface area contributed by atoms with Crippen LogP contribution in [-0.2, 0) is 21.7 Å². The Morgan fingerprint density at radius 1 is 0.550 bits per heavy atom. The molecule has 3 aliphatic rings. The number of aromatic amines is 2. The largest absolute Gasteiger partial charge is 0.361 e. The first-order chi connectivity index (χ1) is 23.3. The highest BCUT2D eigenvalue weighted by Crippen LogP contribution is 2.49. The maximum atomic E-state index is 9.44. The van der Waals surface area contributed by atoms with Gasteiger partial charge in [-0.3, -0.25) is 9.98 Å². The third-order valence-corrected chi connectivity index (χ3v) is 10.7. The van der Waals surface area contributed by atoms with E-state index in [2.05, 4.69) is 9.97 Å². The number of nitrogens with one attached hydrogen (secondary N) is 2. The molecule has 0 unspecified atom stereocenters. The quantitative estimate of drug-likeness (QED) is 0.329. The Balaban J connectivity index is 2.08. The van der Waals surface area contributed by atoms with Gasteiger partial charge in [-0.05, 0) is 75.5 Å². The van der Waals surface area contributed by atoms with Gasteiger partial charge in [0.25, 0.3) is 0 Å². The minimum Gasteiger partial charge on any atom is -0.361 e. The summed E-state index contributed by atoms with van der Waals surface area (Å²) < 4.78 is 93.9. The number of nitrogens with zero attached hydrogens (tertiary/aromatic N) is 2.